The molecule has 20 heavy (non-hydrogen) atoms. The highest BCUT2D eigenvalue weighted by Gasteiger charge is 2.24. The Bertz CT molecular complexity index is 636. The largest absolute Gasteiger partial charge is 0.306 e. The molecule has 0 aliphatic carbocycles. The highest BCUT2D eigenvalue weighted by Crippen LogP contribution is 2.25. The van der Waals surface area contributed by atoms with E-state index in [1.54, 1.807) is 0 Å². The first-order valence-corrected chi connectivity index (χ1v) is 7.36. The third-order valence-electron chi connectivity index (χ3n) is 2.51. The number of nitro groups is 1. The molecule has 1 aromatic rings. The van der Waals surface area contributed by atoms with Gasteiger partial charge in [-0.2, -0.15) is 4.39 Å². The molecule has 0 atom stereocenters. The van der Waals surface area contributed by atoms with Crippen molar-refractivity contribution in [1.29, 1.82) is 0 Å². The minimum Gasteiger partial charge on any atom is -0.258 e. The molecular weight excluding hydrogens is 287 g/mol. The fourth-order valence-corrected chi connectivity index (χ4v) is 2.79. The Hall–Kier alpha value is -1.54. The number of rotatable bonds is 4. The number of halogens is 1. The molecule has 1 N–H and O–H groups in total. The minimum absolute atomic E-state index is 0.0877. The van der Waals surface area contributed by atoms with E-state index in [9.17, 15) is 22.9 Å². The summed E-state index contributed by atoms with van der Waals surface area (Å²) in [6.45, 7) is 6.97. The number of nitrogens with zero attached hydrogens (tertiary/aromatic N) is 1. The Morgan fingerprint density at radius 2 is 1.90 bits per heavy atom. The molecule has 0 radical (unpaired) electrons. The highest BCUT2D eigenvalue weighted by molar-refractivity contribution is 7.89. The molecule has 1 rings (SSSR count). The maximum absolute atomic E-state index is 13.5. The molecule has 8 heteroatoms. The minimum atomic E-state index is -3.91. The van der Waals surface area contributed by atoms with E-state index in [4.69, 9.17) is 0 Å². The molecule has 0 aliphatic rings. The van der Waals surface area contributed by atoms with Crippen LogP contribution in [0.25, 0.3) is 0 Å². The van der Waals surface area contributed by atoms with Crippen LogP contribution < -0.4 is 4.72 Å². The number of sulfonamides is 1. The van der Waals surface area contributed by atoms with Gasteiger partial charge in [-0.05, 0) is 24.0 Å². The van der Waals surface area contributed by atoms with Gasteiger partial charge in [0, 0.05) is 12.6 Å². The predicted molar refractivity (Wildman–Crippen MR) is 72.4 cm³/mol. The van der Waals surface area contributed by atoms with E-state index in [2.05, 4.69) is 4.72 Å². The second-order valence-electron chi connectivity index (χ2n) is 5.72. The lowest BCUT2D eigenvalue weighted by molar-refractivity contribution is -0.387. The first kappa shape index (κ1) is 16.5. The maximum Gasteiger partial charge on any atom is 0.306 e. The summed E-state index contributed by atoms with van der Waals surface area (Å²) in [5, 5.41) is 10.7. The van der Waals surface area contributed by atoms with E-state index < -0.39 is 26.5 Å². The van der Waals surface area contributed by atoms with Crippen LogP contribution in [0.3, 0.4) is 0 Å². The van der Waals surface area contributed by atoms with Crippen molar-refractivity contribution in [3.8, 4) is 0 Å². The zero-order valence-corrected chi connectivity index (χ0v) is 12.5. The lowest BCUT2D eigenvalue weighted by atomic mass is 9.98. The van der Waals surface area contributed by atoms with Gasteiger partial charge in [-0.1, -0.05) is 20.8 Å². The van der Waals surface area contributed by atoms with Crippen molar-refractivity contribution in [2.75, 3.05) is 6.54 Å². The van der Waals surface area contributed by atoms with Gasteiger partial charge in [0.25, 0.3) is 0 Å². The maximum atomic E-state index is 13.5. The SMILES string of the molecule is Cc1cc(S(=O)(=O)NCC(C)(C)C)cc([N+](=O)[O-])c1F. The van der Waals surface area contributed by atoms with Crippen molar-refractivity contribution in [2.45, 2.75) is 32.6 Å². The van der Waals surface area contributed by atoms with Crippen molar-refractivity contribution < 1.29 is 17.7 Å². The monoisotopic (exact) mass is 304 g/mol. The fourth-order valence-electron chi connectivity index (χ4n) is 1.40. The molecule has 0 saturated heterocycles. The summed E-state index contributed by atoms with van der Waals surface area (Å²) in [4.78, 5) is 9.47. The van der Waals surface area contributed by atoms with Crippen LogP contribution in [0.2, 0.25) is 0 Å². The van der Waals surface area contributed by atoms with Crippen LogP contribution in [-0.2, 0) is 10.0 Å². The van der Waals surface area contributed by atoms with Gasteiger partial charge in [0.05, 0.1) is 9.82 Å². The van der Waals surface area contributed by atoms with Gasteiger partial charge in [-0.3, -0.25) is 10.1 Å². The van der Waals surface area contributed by atoms with Crippen LogP contribution in [-0.4, -0.2) is 19.9 Å². The standard InChI is InChI=1S/C12H17FN2O4S/c1-8-5-9(6-10(11(8)13)15(16)17)20(18,19)14-7-12(2,3)4/h5-6,14H,7H2,1-4H3. The molecule has 0 heterocycles. The molecule has 0 aromatic heterocycles. The number of aryl methyl sites for hydroxylation is 1. The summed E-state index contributed by atoms with van der Waals surface area (Å²) in [6, 6.07) is 1.81. The van der Waals surface area contributed by atoms with Crippen molar-refractivity contribution in [2.24, 2.45) is 5.41 Å². The van der Waals surface area contributed by atoms with E-state index in [-0.39, 0.29) is 22.4 Å². The molecule has 0 bridgehead atoms. The number of nitrogens with one attached hydrogen (secondary N) is 1. The van der Waals surface area contributed by atoms with E-state index >= 15 is 0 Å². The summed E-state index contributed by atoms with van der Waals surface area (Å²) in [5.41, 5.74) is -1.22. The number of hydrogen-bond donors (Lipinski definition) is 1. The highest BCUT2D eigenvalue weighted by atomic mass is 32.2. The van der Waals surface area contributed by atoms with Gasteiger partial charge >= 0.3 is 5.69 Å². The topological polar surface area (TPSA) is 89.3 Å². The molecule has 0 spiro atoms. The van der Waals surface area contributed by atoms with Crippen LogP contribution in [0.5, 0.6) is 0 Å². The molecule has 0 amide bonds. The Kier molecular flexibility index (Phi) is 4.50. The molecular formula is C12H17FN2O4S. The van der Waals surface area contributed by atoms with Crippen LogP contribution >= 0.6 is 0 Å². The Morgan fingerprint density at radius 1 is 1.35 bits per heavy atom. The second-order valence-corrected chi connectivity index (χ2v) is 7.48. The average Bonchev–Trinajstić information content (AvgIpc) is 2.28. The molecule has 0 fully saturated rings. The van der Waals surface area contributed by atoms with E-state index in [0.717, 1.165) is 12.1 Å². The smallest absolute Gasteiger partial charge is 0.258 e. The van der Waals surface area contributed by atoms with E-state index in [1.807, 2.05) is 20.8 Å². The number of nitro benzene ring substituents is 1. The lowest BCUT2D eigenvalue weighted by Crippen LogP contribution is -2.32. The third kappa shape index (κ3) is 3.97. The van der Waals surface area contributed by atoms with Gasteiger partial charge in [-0.15, -0.1) is 0 Å². The summed E-state index contributed by atoms with van der Waals surface area (Å²) >= 11 is 0. The van der Waals surface area contributed by atoms with Crippen LogP contribution in [0, 0.1) is 28.3 Å². The van der Waals surface area contributed by atoms with Crippen molar-refractivity contribution in [3.63, 3.8) is 0 Å². The molecule has 0 aliphatic heterocycles. The van der Waals surface area contributed by atoms with Gasteiger partial charge in [0.15, 0.2) is 0 Å². The summed E-state index contributed by atoms with van der Waals surface area (Å²) < 4.78 is 40.0. The van der Waals surface area contributed by atoms with Gasteiger partial charge in [-0.25, -0.2) is 13.1 Å². The molecule has 0 saturated carbocycles. The molecule has 6 nitrogen and oxygen atoms in total. The molecule has 0 unspecified atom stereocenters. The normalized spacial score (nSPS) is 12.4. The fraction of sp³-hybridized carbons (Fsp3) is 0.500. The van der Waals surface area contributed by atoms with Gasteiger partial charge in [0.1, 0.15) is 0 Å². The van der Waals surface area contributed by atoms with Gasteiger partial charge < -0.3 is 0 Å². The zero-order valence-electron chi connectivity index (χ0n) is 11.7. The lowest BCUT2D eigenvalue weighted by Gasteiger charge is -2.18. The summed E-state index contributed by atoms with van der Waals surface area (Å²) in [5.74, 6) is -1.02. The molecule has 1 aromatic carbocycles. The average molecular weight is 304 g/mol. The quantitative estimate of drug-likeness (QED) is 0.683. The third-order valence-corrected chi connectivity index (χ3v) is 3.89. The van der Waals surface area contributed by atoms with Gasteiger partial charge in [0.2, 0.25) is 15.8 Å². The predicted octanol–water partition coefficient (Wildman–Crippen LogP) is 2.37. The summed E-state index contributed by atoms with van der Waals surface area (Å²) in [6.07, 6.45) is 0. The Morgan fingerprint density at radius 3 is 2.35 bits per heavy atom. The first-order chi connectivity index (χ1) is 8.94. The second kappa shape index (κ2) is 5.45. The number of benzene rings is 1. The van der Waals surface area contributed by atoms with Crippen molar-refractivity contribution >= 4 is 15.7 Å². The van der Waals surface area contributed by atoms with Crippen molar-refractivity contribution in [3.05, 3.63) is 33.6 Å². The summed E-state index contributed by atoms with van der Waals surface area (Å²) in [7, 11) is -3.91. The molecule has 112 valence electrons. The van der Waals surface area contributed by atoms with Crippen molar-refractivity contribution in [1.82, 2.24) is 4.72 Å². The van der Waals surface area contributed by atoms with E-state index in [0.29, 0.717) is 0 Å². The number of hydrogen-bond acceptors (Lipinski definition) is 4. The Balaban J connectivity index is 3.23. The zero-order chi connectivity index (χ0) is 15.7. The van der Waals surface area contributed by atoms with Crippen LogP contribution in [0.1, 0.15) is 26.3 Å². The van der Waals surface area contributed by atoms with E-state index in [1.165, 1.54) is 6.92 Å². The van der Waals surface area contributed by atoms with Crippen LogP contribution in [0.4, 0.5) is 10.1 Å². The first-order valence-electron chi connectivity index (χ1n) is 5.88. The Labute approximate surface area is 117 Å². The van der Waals surface area contributed by atoms with Crippen LogP contribution in [0.15, 0.2) is 17.0 Å².